The number of nitrogens with zero attached hydrogens (tertiary/aromatic N) is 1. The van der Waals surface area contributed by atoms with Crippen molar-refractivity contribution < 1.29 is 9.18 Å². The molecule has 5 heteroatoms. The third-order valence-electron chi connectivity index (χ3n) is 5.67. The fourth-order valence-electron chi connectivity index (χ4n) is 4.14. The molecule has 2 heterocycles. The van der Waals surface area contributed by atoms with Crippen LogP contribution in [0, 0.1) is 5.82 Å². The van der Waals surface area contributed by atoms with Crippen LogP contribution in [0.15, 0.2) is 48.5 Å². The molecule has 0 aliphatic carbocycles. The van der Waals surface area contributed by atoms with E-state index in [0.29, 0.717) is 5.69 Å². The van der Waals surface area contributed by atoms with E-state index in [1.54, 1.807) is 6.07 Å². The van der Waals surface area contributed by atoms with Gasteiger partial charge in [0.25, 0.3) is 0 Å². The minimum atomic E-state index is -0.310. The molecular weight excluding hydrogens is 375 g/mol. The Kier molecular flexibility index (Phi) is 5.79. The zero-order valence-corrected chi connectivity index (χ0v) is 16.5. The van der Waals surface area contributed by atoms with E-state index in [4.69, 9.17) is 11.6 Å². The number of hydrogen-bond acceptors (Lipinski definition) is 2. The molecule has 28 heavy (non-hydrogen) atoms. The molecule has 0 aromatic heterocycles. The SMILES string of the molecule is O=C1Nc2cc(F)ccc2C1CCCCN1CC=C(c2cccc(Cl)c2)CC1. The lowest BCUT2D eigenvalue weighted by atomic mass is 9.94. The minimum Gasteiger partial charge on any atom is -0.325 e. The maximum absolute atomic E-state index is 13.3. The van der Waals surface area contributed by atoms with Crippen molar-refractivity contribution in [2.45, 2.75) is 31.6 Å². The number of anilines is 1. The summed E-state index contributed by atoms with van der Waals surface area (Å²) >= 11 is 6.10. The average Bonchev–Trinajstić information content (AvgIpc) is 3.00. The summed E-state index contributed by atoms with van der Waals surface area (Å²) in [6.45, 7) is 3.03. The Labute approximate surface area is 170 Å². The molecule has 1 atom stereocenters. The van der Waals surface area contributed by atoms with E-state index in [-0.39, 0.29) is 17.6 Å². The van der Waals surface area contributed by atoms with E-state index in [2.05, 4.69) is 22.4 Å². The van der Waals surface area contributed by atoms with Crippen LogP contribution in [0.5, 0.6) is 0 Å². The molecule has 3 nitrogen and oxygen atoms in total. The van der Waals surface area contributed by atoms with Gasteiger partial charge in [0.2, 0.25) is 5.91 Å². The summed E-state index contributed by atoms with van der Waals surface area (Å²) in [5.41, 5.74) is 4.14. The molecule has 0 saturated heterocycles. The van der Waals surface area contributed by atoms with Gasteiger partial charge < -0.3 is 5.32 Å². The Morgan fingerprint density at radius 3 is 2.86 bits per heavy atom. The predicted molar refractivity (Wildman–Crippen MR) is 112 cm³/mol. The first-order valence-corrected chi connectivity index (χ1v) is 10.3. The number of rotatable bonds is 6. The van der Waals surface area contributed by atoms with Crippen molar-refractivity contribution in [1.82, 2.24) is 4.90 Å². The summed E-state index contributed by atoms with van der Waals surface area (Å²) < 4.78 is 13.3. The molecule has 4 rings (SSSR count). The number of fused-ring (bicyclic) bond motifs is 1. The highest BCUT2D eigenvalue weighted by Crippen LogP contribution is 2.36. The van der Waals surface area contributed by atoms with E-state index >= 15 is 0 Å². The largest absolute Gasteiger partial charge is 0.325 e. The average molecular weight is 399 g/mol. The van der Waals surface area contributed by atoms with Gasteiger partial charge in [0.1, 0.15) is 5.82 Å². The second-order valence-electron chi connectivity index (χ2n) is 7.56. The predicted octanol–water partition coefficient (Wildman–Crippen LogP) is 5.47. The van der Waals surface area contributed by atoms with Gasteiger partial charge in [-0.25, -0.2) is 4.39 Å². The van der Waals surface area contributed by atoms with Crippen molar-refractivity contribution >= 4 is 28.8 Å². The number of amides is 1. The van der Waals surface area contributed by atoms with Gasteiger partial charge in [0.15, 0.2) is 0 Å². The molecule has 0 bridgehead atoms. The molecule has 1 N–H and O–H groups in total. The Hall–Kier alpha value is -2.17. The van der Waals surface area contributed by atoms with Crippen LogP contribution >= 0.6 is 11.6 Å². The number of nitrogens with one attached hydrogen (secondary N) is 1. The van der Waals surface area contributed by atoms with Gasteiger partial charge in [0, 0.05) is 23.8 Å². The Bertz CT molecular complexity index is 911. The zero-order chi connectivity index (χ0) is 19.5. The number of halogens is 2. The van der Waals surface area contributed by atoms with E-state index in [0.717, 1.165) is 55.9 Å². The van der Waals surface area contributed by atoms with Crippen LogP contribution in [0.3, 0.4) is 0 Å². The number of carbonyl (C=O) groups excluding carboxylic acids is 1. The van der Waals surface area contributed by atoms with Crippen molar-refractivity contribution in [2.24, 2.45) is 0 Å². The Balaban J connectivity index is 1.24. The van der Waals surface area contributed by atoms with Gasteiger partial charge in [-0.2, -0.15) is 0 Å². The molecule has 0 radical (unpaired) electrons. The summed E-state index contributed by atoms with van der Waals surface area (Å²) in [7, 11) is 0. The molecule has 2 aliphatic heterocycles. The number of unbranched alkanes of at least 4 members (excludes halogenated alkanes) is 1. The fraction of sp³-hybridized carbons (Fsp3) is 0.348. The van der Waals surface area contributed by atoms with E-state index in [1.807, 2.05) is 18.2 Å². The Morgan fingerprint density at radius 2 is 2.07 bits per heavy atom. The van der Waals surface area contributed by atoms with E-state index in [1.165, 1.54) is 23.3 Å². The van der Waals surface area contributed by atoms with Crippen molar-refractivity contribution in [2.75, 3.05) is 25.0 Å². The molecule has 2 aromatic rings. The van der Waals surface area contributed by atoms with Crippen LogP contribution in [0.2, 0.25) is 5.02 Å². The summed E-state index contributed by atoms with van der Waals surface area (Å²) in [6.07, 6.45) is 6.17. The summed E-state index contributed by atoms with van der Waals surface area (Å²) in [4.78, 5) is 14.6. The number of carbonyl (C=O) groups is 1. The highest BCUT2D eigenvalue weighted by molar-refractivity contribution is 6.30. The molecule has 0 spiro atoms. The molecule has 0 saturated carbocycles. The van der Waals surface area contributed by atoms with Crippen molar-refractivity contribution in [3.05, 3.63) is 70.5 Å². The molecule has 2 aliphatic rings. The normalized spacial score (nSPS) is 19.3. The van der Waals surface area contributed by atoms with Crippen LogP contribution in [0.1, 0.15) is 42.7 Å². The molecule has 2 aromatic carbocycles. The van der Waals surface area contributed by atoms with Crippen molar-refractivity contribution in [3.63, 3.8) is 0 Å². The van der Waals surface area contributed by atoms with Crippen molar-refractivity contribution in [3.8, 4) is 0 Å². The van der Waals surface area contributed by atoms with Gasteiger partial charge in [-0.05, 0) is 66.8 Å². The highest BCUT2D eigenvalue weighted by Gasteiger charge is 2.30. The molecule has 1 amide bonds. The smallest absolute Gasteiger partial charge is 0.232 e. The first-order chi connectivity index (χ1) is 13.6. The first-order valence-electron chi connectivity index (χ1n) is 9.88. The third-order valence-corrected chi connectivity index (χ3v) is 5.91. The van der Waals surface area contributed by atoms with Gasteiger partial charge >= 0.3 is 0 Å². The Morgan fingerprint density at radius 1 is 1.18 bits per heavy atom. The van der Waals surface area contributed by atoms with E-state index in [9.17, 15) is 9.18 Å². The standard InChI is InChI=1S/C23H24ClFN2O/c24-18-5-3-4-17(14-18)16-9-12-27(13-10-16)11-2-1-6-21-20-8-7-19(25)15-22(20)26-23(21)28/h3-5,7-9,14-15,21H,1-2,6,10-13H2,(H,26,28). The van der Waals surface area contributed by atoms with Crippen molar-refractivity contribution in [1.29, 1.82) is 0 Å². The molecule has 1 unspecified atom stereocenters. The number of benzene rings is 2. The quantitative estimate of drug-likeness (QED) is 0.654. The second kappa shape index (κ2) is 8.46. The lowest BCUT2D eigenvalue weighted by molar-refractivity contribution is -0.117. The van der Waals surface area contributed by atoms with Crippen LogP contribution in [-0.4, -0.2) is 30.4 Å². The molecule has 146 valence electrons. The first kappa shape index (κ1) is 19.2. The monoisotopic (exact) mass is 398 g/mol. The van der Waals surface area contributed by atoms with Gasteiger partial charge in [-0.1, -0.05) is 42.3 Å². The maximum Gasteiger partial charge on any atom is 0.232 e. The topological polar surface area (TPSA) is 32.3 Å². The maximum atomic E-state index is 13.3. The van der Waals surface area contributed by atoms with Crippen LogP contribution in [-0.2, 0) is 4.79 Å². The van der Waals surface area contributed by atoms with Crippen LogP contribution < -0.4 is 5.32 Å². The minimum absolute atomic E-state index is 0.00679. The lowest BCUT2D eigenvalue weighted by Crippen LogP contribution is -2.29. The summed E-state index contributed by atoms with van der Waals surface area (Å²) in [6, 6.07) is 12.6. The molecular formula is C23H24ClFN2O. The van der Waals surface area contributed by atoms with Gasteiger partial charge in [0.05, 0.1) is 5.92 Å². The van der Waals surface area contributed by atoms with Gasteiger partial charge in [-0.15, -0.1) is 0 Å². The highest BCUT2D eigenvalue weighted by atomic mass is 35.5. The van der Waals surface area contributed by atoms with E-state index < -0.39 is 0 Å². The van der Waals surface area contributed by atoms with Crippen LogP contribution in [0.4, 0.5) is 10.1 Å². The van der Waals surface area contributed by atoms with Crippen LogP contribution in [0.25, 0.3) is 5.57 Å². The molecule has 0 fully saturated rings. The third kappa shape index (κ3) is 4.29. The zero-order valence-electron chi connectivity index (χ0n) is 15.8. The fourth-order valence-corrected chi connectivity index (χ4v) is 4.33. The lowest BCUT2D eigenvalue weighted by Gasteiger charge is -2.26. The second-order valence-corrected chi connectivity index (χ2v) is 8.00. The summed E-state index contributed by atoms with van der Waals surface area (Å²) in [5, 5.41) is 3.58. The van der Waals surface area contributed by atoms with Gasteiger partial charge in [-0.3, -0.25) is 9.69 Å². The number of hydrogen-bond donors (Lipinski definition) is 1. The summed E-state index contributed by atoms with van der Waals surface area (Å²) in [5.74, 6) is -0.464.